The van der Waals surface area contributed by atoms with Crippen LogP contribution in [0.25, 0.3) is 0 Å². The van der Waals surface area contributed by atoms with Crippen LogP contribution in [-0.4, -0.2) is 23.4 Å². The minimum absolute atomic E-state index is 0.246. The lowest BCUT2D eigenvalue weighted by Gasteiger charge is -2.13. The predicted molar refractivity (Wildman–Crippen MR) is 68.9 cm³/mol. The Hall–Kier alpha value is -1.47. The Morgan fingerprint density at radius 2 is 2.35 bits per heavy atom. The van der Waals surface area contributed by atoms with Crippen LogP contribution < -0.4 is 10.1 Å². The summed E-state index contributed by atoms with van der Waals surface area (Å²) in [4.78, 5) is 0. The van der Waals surface area contributed by atoms with Gasteiger partial charge in [0.1, 0.15) is 0 Å². The number of hydrogen-bond acceptors (Lipinski definition) is 3. The molecule has 0 fully saturated rings. The number of rotatable bonds is 6. The summed E-state index contributed by atoms with van der Waals surface area (Å²) in [6, 6.07) is 2.23. The first-order valence-corrected chi connectivity index (χ1v) is 5.93. The average Bonchev–Trinajstić information content (AvgIpc) is 2.69. The SMILES string of the molecule is CC#CCCC(NCC)c1cc(OC)n(C)n1. The molecule has 0 aromatic carbocycles. The fourth-order valence-corrected chi connectivity index (χ4v) is 1.78. The molecule has 1 heterocycles. The molecule has 0 aliphatic carbocycles. The Labute approximate surface area is 103 Å². The van der Waals surface area contributed by atoms with Crippen LogP contribution in [0.4, 0.5) is 0 Å². The van der Waals surface area contributed by atoms with E-state index in [4.69, 9.17) is 4.74 Å². The number of aromatic nitrogens is 2. The van der Waals surface area contributed by atoms with Crippen LogP contribution in [0, 0.1) is 11.8 Å². The van der Waals surface area contributed by atoms with Crippen molar-refractivity contribution in [2.45, 2.75) is 32.7 Å². The molecule has 1 rings (SSSR count). The molecule has 0 spiro atoms. The lowest BCUT2D eigenvalue weighted by atomic mass is 10.1. The number of nitrogens with one attached hydrogen (secondary N) is 1. The Bertz CT molecular complexity index is 401. The molecule has 4 nitrogen and oxygen atoms in total. The van der Waals surface area contributed by atoms with Gasteiger partial charge in [-0.05, 0) is 19.9 Å². The third kappa shape index (κ3) is 3.79. The monoisotopic (exact) mass is 235 g/mol. The summed E-state index contributed by atoms with van der Waals surface area (Å²) in [7, 11) is 3.54. The fraction of sp³-hybridized carbons (Fsp3) is 0.615. The van der Waals surface area contributed by atoms with Crippen molar-refractivity contribution >= 4 is 0 Å². The van der Waals surface area contributed by atoms with E-state index >= 15 is 0 Å². The van der Waals surface area contributed by atoms with Crippen molar-refractivity contribution in [1.82, 2.24) is 15.1 Å². The largest absolute Gasteiger partial charge is 0.481 e. The van der Waals surface area contributed by atoms with Crippen molar-refractivity contribution in [3.05, 3.63) is 11.8 Å². The minimum atomic E-state index is 0.246. The summed E-state index contributed by atoms with van der Waals surface area (Å²) in [5, 5.41) is 7.88. The van der Waals surface area contributed by atoms with E-state index in [0.717, 1.165) is 31.0 Å². The molecular weight excluding hydrogens is 214 g/mol. The summed E-state index contributed by atoms with van der Waals surface area (Å²) < 4.78 is 6.98. The van der Waals surface area contributed by atoms with Crippen LogP contribution >= 0.6 is 0 Å². The van der Waals surface area contributed by atoms with Crippen molar-refractivity contribution in [2.75, 3.05) is 13.7 Å². The standard InChI is InChI=1S/C13H21N3O/c1-5-7-8-9-11(14-6-2)12-10-13(17-4)16(3)15-12/h10-11,14H,6,8-9H2,1-4H3. The maximum absolute atomic E-state index is 5.22. The van der Waals surface area contributed by atoms with E-state index in [-0.39, 0.29) is 6.04 Å². The summed E-state index contributed by atoms with van der Waals surface area (Å²) in [5.74, 6) is 6.78. The molecule has 4 heteroatoms. The molecule has 0 saturated heterocycles. The highest BCUT2D eigenvalue weighted by Crippen LogP contribution is 2.21. The number of ether oxygens (including phenoxy) is 1. The van der Waals surface area contributed by atoms with Gasteiger partial charge in [0.15, 0.2) is 0 Å². The van der Waals surface area contributed by atoms with E-state index in [9.17, 15) is 0 Å². The van der Waals surface area contributed by atoms with Gasteiger partial charge in [-0.3, -0.25) is 0 Å². The molecule has 1 unspecified atom stereocenters. The van der Waals surface area contributed by atoms with E-state index in [0.29, 0.717) is 0 Å². The molecule has 94 valence electrons. The van der Waals surface area contributed by atoms with Crippen molar-refractivity contribution in [3.63, 3.8) is 0 Å². The van der Waals surface area contributed by atoms with E-state index in [1.54, 1.807) is 11.8 Å². The van der Waals surface area contributed by atoms with Gasteiger partial charge in [-0.25, -0.2) is 4.68 Å². The smallest absolute Gasteiger partial charge is 0.211 e. The number of hydrogen-bond donors (Lipinski definition) is 1. The molecule has 0 aliphatic rings. The highest BCUT2D eigenvalue weighted by Gasteiger charge is 2.15. The van der Waals surface area contributed by atoms with Crippen LogP contribution in [0.15, 0.2) is 6.07 Å². The van der Waals surface area contributed by atoms with Crippen molar-refractivity contribution in [1.29, 1.82) is 0 Å². The van der Waals surface area contributed by atoms with E-state index in [1.807, 2.05) is 20.0 Å². The van der Waals surface area contributed by atoms with E-state index in [1.165, 1.54) is 0 Å². The molecular formula is C13H21N3O. The predicted octanol–water partition coefficient (Wildman–Crippen LogP) is 1.88. The van der Waals surface area contributed by atoms with Crippen LogP contribution in [0.3, 0.4) is 0 Å². The summed E-state index contributed by atoms with van der Waals surface area (Å²) in [6.45, 7) is 4.88. The first-order valence-electron chi connectivity index (χ1n) is 5.93. The normalized spacial score (nSPS) is 11.8. The summed E-state index contributed by atoms with van der Waals surface area (Å²) in [5.41, 5.74) is 1.02. The Morgan fingerprint density at radius 1 is 1.59 bits per heavy atom. The minimum Gasteiger partial charge on any atom is -0.481 e. The molecule has 17 heavy (non-hydrogen) atoms. The zero-order valence-electron chi connectivity index (χ0n) is 11.1. The number of nitrogens with zero attached hydrogens (tertiary/aromatic N) is 2. The van der Waals surface area contributed by atoms with Gasteiger partial charge >= 0.3 is 0 Å². The van der Waals surface area contributed by atoms with E-state index in [2.05, 4.69) is 29.2 Å². The number of methoxy groups -OCH3 is 1. The van der Waals surface area contributed by atoms with Crippen molar-refractivity contribution < 1.29 is 4.74 Å². The van der Waals surface area contributed by atoms with Crippen molar-refractivity contribution in [3.8, 4) is 17.7 Å². The summed E-state index contributed by atoms with van der Waals surface area (Å²) >= 11 is 0. The van der Waals surface area contributed by atoms with Crippen LogP contribution in [0.5, 0.6) is 5.88 Å². The fourth-order valence-electron chi connectivity index (χ4n) is 1.78. The Kier molecular flexibility index (Phi) is 5.58. The van der Waals surface area contributed by atoms with Crippen LogP contribution in [0.1, 0.15) is 38.4 Å². The molecule has 1 aromatic heterocycles. The molecule has 1 N–H and O–H groups in total. The molecule has 0 amide bonds. The first-order chi connectivity index (χ1) is 8.22. The summed E-state index contributed by atoms with van der Waals surface area (Å²) in [6.07, 6.45) is 1.85. The Balaban J connectivity index is 2.75. The topological polar surface area (TPSA) is 39.1 Å². The second kappa shape index (κ2) is 6.97. The van der Waals surface area contributed by atoms with Gasteiger partial charge in [-0.15, -0.1) is 11.8 Å². The molecule has 0 radical (unpaired) electrons. The molecule has 1 atom stereocenters. The van der Waals surface area contributed by atoms with E-state index < -0.39 is 0 Å². The first kappa shape index (κ1) is 13.6. The third-order valence-electron chi connectivity index (χ3n) is 2.61. The second-order valence-corrected chi connectivity index (χ2v) is 3.81. The second-order valence-electron chi connectivity index (χ2n) is 3.81. The molecule has 0 saturated carbocycles. The van der Waals surface area contributed by atoms with Crippen LogP contribution in [-0.2, 0) is 7.05 Å². The maximum Gasteiger partial charge on any atom is 0.211 e. The van der Waals surface area contributed by atoms with Gasteiger partial charge in [0.05, 0.1) is 18.8 Å². The molecule has 0 bridgehead atoms. The lowest BCUT2D eigenvalue weighted by Crippen LogP contribution is -2.21. The maximum atomic E-state index is 5.22. The van der Waals surface area contributed by atoms with Crippen molar-refractivity contribution in [2.24, 2.45) is 7.05 Å². The Morgan fingerprint density at radius 3 is 2.88 bits per heavy atom. The third-order valence-corrected chi connectivity index (χ3v) is 2.61. The quantitative estimate of drug-likeness (QED) is 0.765. The number of aryl methyl sites for hydroxylation is 1. The van der Waals surface area contributed by atoms with Gasteiger partial charge < -0.3 is 10.1 Å². The molecule has 0 aliphatic heterocycles. The van der Waals surface area contributed by atoms with Gasteiger partial charge in [0.25, 0.3) is 0 Å². The highest BCUT2D eigenvalue weighted by molar-refractivity contribution is 5.19. The zero-order valence-corrected chi connectivity index (χ0v) is 11.1. The zero-order chi connectivity index (χ0) is 12.7. The highest BCUT2D eigenvalue weighted by atomic mass is 16.5. The van der Waals surface area contributed by atoms with Gasteiger partial charge in [0.2, 0.25) is 5.88 Å². The lowest BCUT2D eigenvalue weighted by molar-refractivity contribution is 0.373. The van der Waals surface area contributed by atoms with Gasteiger partial charge in [-0.2, -0.15) is 5.10 Å². The van der Waals surface area contributed by atoms with Gasteiger partial charge in [0, 0.05) is 19.5 Å². The van der Waals surface area contributed by atoms with Gasteiger partial charge in [-0.1, -0.05) is 6.92 Å². The van der Waals surface area contributed by atoms with Crippen LogP contribution in [0.2, 0.25) is 0 Å². The average molecular weight is 235 g/mol. The molecule has 1 aromatic rings.